The maximum absolute atomic E-state index is 12.3. The van der Waals surface area contributed by atoms with Crippen LogP contribution in [0.1, 0.15) is 32.3 Å². The van der Waals surface area contributed by atoms with Gasteiger partial charge in [0.25, 0.3) is 5.91 Å². The Balaban J connectivity index is 2.24. The molecule has 0 unspecified atom stereocenters. The normalized spacial score (nSPS) is 17.4. The van der Waals surface area contributed by atoms with Crippen molar-refractivity contribution in [2.45, 2.75) is 26.7 Å². The molecule has 5 heteroatoms. The fourth-order valence-electron chi connectivity index (χ4n) is 1.84. The molecule has 1 aliphatic heterocycles. The average molecular weight is 307 g/mol. The maximum atomic E-state index is 12.3. The van der Waals surface area contributed by atoms with Crippen LogP contribution in [0, 0.1) is 0 Å². The van der Waals surface area contributed by atoms with Crippen molar-refractivity contribution >= 4 is 39.9 Å². The number of amides is 1. The first-order chi connectivity index (χ1) is 9.54. The lowest BCUT2D eigenvalue weighted by Gasteiger charge is -2.15. The summed E-state index contributed by atoms with van der Waals surface area (Å²) in [7, 11) is 0. The number of anilines is 1. The molecule has 1 aromatic rings. The number of carbonyl (C=O) groups is 1. The zero-order valence-corrected chi connectivity index (χ0v) is 13.4. The van der Waals surface area contributed by atoms with Crippen molar-refractivity contribution in [1.82, 2.24) is 0 Å². The molecule has 0 saturated carbocycles. The fourth-order valence-corrected chi connectivity index (χ4v) is 3.06. The van der Waals surface area contributed by atoms with Gasteiger partial charge in [0.1, 0.15) is 11.2 Å². The second-order valence-corrected chi connectivity index (χ2v) is 6.37. The van der Waals surface area contributed by atoms with Gasteiger partial charge in [-0.15, -0.1) is 0 Å². The Morgan fingerprint density at radius 1 is 1.35 bits per heavy atom. The first-order valence-electron chi connectivity index (χ1n) is 6.52. The number of carbonyl (C=O) groups excluding carboxylic acids is 1. The van der Waals surface area contributed by atoms with Crippen molar-refractivity contribution in [3.63, 3.8) is 0 Å². The molecule has 0 bridgehead atoms. The predicted molar refractivity (Wildman–Crippen MR) is 87.9 cm³/mol. The van der Waals surface area contributed by atoms with Crippen LogP contribution in [0.5, 0.6) is 0 Å². The molecule has 0 spiro atoms. The second-order valence-electron chi connectivity index (χ2n) is 4.69. The topological polar surface area (TPSA) is 29.5 Å². The van der Waals surface area contributed by atoms with Gasteiger partial charge in [-0.2, -0.15) is 0 Å². The van der Waals surface area contributed by atoms with Gasteiger partial charge in [-0.25, -0.2) is 0 Å². The number of benzene rings is 1. The lowest BCUT2D eigenvalue weighted by atomic mass is 10.0. The molecule has 3 nitrogen and oxygen atoms in total. The number of hydrogen-bond donors (Lipinski definition) is 0. The van der Waals surface area contributed by atoms with E-state index >= 15 is 0 Å². The Bertz CT molecular complexity index is 549. The van der Waals surface area contributed by atoms with E-state index in [0.717, 1.165) is 5.69 Å². The van der Waals surface area contributed by atoms with Crippen LogP contribution < -0.4 is 4.90 Å². The van der Waals surface area contributed by atoms with Crippen molar-refractivity contribution < 1.29 is 9.53 Å². The molecule has 0 atom stereocenters. The van der Waals surface area contributed by atoms with Gasteiger partial charge in [-0.3, -0.25) is 9.69 Å². The Hall–Kier alpha value is -1.33. The molecular weight excluding hydrogens is 290 g/mol. The standard InChI is InChI=1S/C15H17NO2S2/c1-4-18-9-13-14(17)16(15(19)20-13)12-7-5-11(6-8-12)10(2)3/h5-10H,4H2,1-3H3/b13-9-. The van der Waals surface area contributed by atoms with Crippen molar-refractivity contribution in [3.8, 4) is 0 Å². The van der Waals surface area contributed by atoms with E-state index in [-0.39, 0.29) is 5.91 Å². The summed E-state index contributed by atoms with van der Waals surface area (Å²) in [4.78, 5) is 14.4. The van der Waals surface area contributed by atoms with Gasteiger partial charge in [0, 0.05) is 0 Å². The van der Waals surface area contributed by atoms with Gasteiger partial charge < -0.3 is 4.74 Å². The average Bonchev–Trinajstić information content (AvgIpc) is 2.71. The van der Waals surface area contributed by atoms with Crippen molar-refractivity contribution in [1.29, 1.82) is 0 Å². The van der Waals surface area contributed by atoms with Crippen LogP contribution in [0.25, 0.3) is 0 Å². The minimum Gasteiger partial charge on any atom is -0.500 e. The predicted octanol–water partition coefficient (Wildman–Crippen LogP) is 4.05. The minimum atomic E-state index is -0.120. The summed E-state index contributed by atoms with van der Waals surface area (Å²) in [6.45, 7) is 6.69. The highest BCUT2D eigenvalue weighted by Crippen LogP contribution is 2.35. The third-order valence-electron chi connectivity index (χ3n) is 2.97. The summed E-state index contributed by atoms with van der Waals surface area (Å²) in [5.74, 6) is 0.346. The van der Waals surface area contributed by atoms with Gasteiger partial charge in [0.2, 0.25) is 0 Å². The molecule has 2 rings (SSSR count). The Labute approximate surface area is 129 Å². The number of rotatable bonds is 4. The highest BCUT2D eigenvalue weighted by Gasteiger charge is 2.33. The van der Waals surface area contributed by atoms with Crippen LogP contribution in [0.15, 0.2) is 35.4 Å². The van der Waals surface area contributed by atoms with Crippen LogP contribution >= 0.6 is 24.0 Å². The molecule has 1 aliphatic rings. The monoisotopic (exact) mass is 307 g/mol. The van der Waals surface area contributed by atoms with Crippen molar-refractivity contribution in [2.75, 3.05) is 11.5 Å². The number of thiocarbonyl (C=S) groups is 1. The Kier molecular flexibility index (Phi) is 4.83. The molecule has 1 saturated heterocycles. The van der Waals surface area contributed by atoms with Gasteiger partial charge in [-0.1, -0.05) is 50.0 Å². The zero-order valence-electron chi connectivity index (χ0n) is 11.8. The van der Waals surface area contributed by atoms with Crippen LogP contribution in [0.2, 0.25) is 0 Å². The quantitative estimate of drug-likeness (QED) is 0.477. The van der Waals surface area contributed by atoms with E-state index in [0.29, 0.717) is 21.8 Å². The van der Waals surface area contributed by atoms with Gasteiger partial charge in [-0.05, 0) is 30.5 Å². The van der Waals surface area contributed by atoms with Crippen LogP contribution in [0.3, 0.4) is 0 Å². The van der Waals surface area contributed by atoms with Gasteiger partial charge in [0.15, 0.2) is 4.32 Å². The number of hydrogen-bond acceptors (Lipinski definition) is 4. The Morgan fingerprint density at radius 2 is 2.00 bits per heavy atom. The van der Waals surface area contributed by atoms with Gasteiger partial charge >= 0.3 is 0 Å². The smallest absolute Gasteiger partial charge is 0.273 e. The summed E-state index contributed by atoms with van der Waals surface area (Å²) in [6, 6.07) is 7.93. The first kappa shape index (κ1) is 15.1. The van der Waals surface area contributed by atoms with E-state index in [4.69, 9.17) is 17.0 Å². The maximum Gasteiger partial charge on any atom is 0.273 e. The summed E-state index contributed by atoms with van der Waals surface area (Å²) in [5, 5.41) is 0. The molecule has 0 N–H and O–H groups in total. The first-order valence-corrected chi connectivity index (χ1v) is 7.75. The molecule has 0 aromatic heterocycles. The van der Waals surface area contributed by atoms with Crippen LogP contribution in [-0.4, -0.2) is 16.8 Å². The molecule has 1 aromatic carbocycles. The molecule has 106 valence electrons. The van der Waals surface area contributed by atoms with Gasteiger partial charge in [0.05, 0.1) is 12.3 Å². The molecule has 0 radical (unpaired) electrons. The largest absolute Gasteiger partial charge is 0.500 e. The van der Waals surface area contributed by atoms with E-state index in [1.54, 1.807) is 4.90 Å². The number of thioether (sulfide) groups is 1. The van der Waals surface area contributed by atoms with E-state index < -0.39 is 0 Å². The second kappa shape index (κ2) is 6.41. The number of ether oxygens (including phenoxy) is 1. The van der Waals surface area contributed by atoms with Crippen molar-refractivity contribution in [2.24, 2.45) is 0 Å². The Morgan fingerprint density at radius 3 is 2.55 bits per heavy atom. The highest BCUT2D eigenvalue weighted by molar-refractivity contribution is 8.27. The minimum absolute atomic E-state index is 0.120. The lowest BCUT2D eigenvalue weighted by molar-refractivity contribution is -0.113. The summed E-state index contributed by atoms with van der Waals surface area (Å²) in [6.07, 6.45) is 1.49. The number of nitrogens with zero attached hydrogens (tertiary/aromatic N) is 1. The molecule has 20 heavy (non-hydrogen) atoms. The fraction of sp³-hybridized carbons (Fsp3) is 0.333. The highest BCUT2D eigenvalue weighted by atomic mass is 32.2. The zero-order chi connectivity index (χ0) is 14.7. The molecule has 0 aliphatic carbocycles. The van der Waals surface area contributed by atoms with Crippen molar-refractivity contribution in [3.05, 3.63) is 41.0 Å². The molecule has 1 fully saturated rings. The lowest BCUT2D eigenvalue weighted by Crippen LogP contribution is -2.27. The molecular formula is C15H17NO2S2. The summed E-state index contributed by atoms with van der Waals surface area (Å²) >= 11 is 6.55. The van der Waals surface area contributed by atoms with E-state index in [2.05, 4.69) is 13.8 Å². The SMILES string of the molecule is CCO/C=C1\SC(=S)N(c2ccc(C(C)C)cc2)C1=O. The summed E-state index contributed by atoms with van der Waals surface area (Å²) < 4.78 is 5.72. The third kappa shape index (κ3) is 3.04. The van der Waals surface area contributed by atoms with Crippen LogP contribution in [-0.2, 0) is 9.53 Å². The van der Waals surface area contributed by atoms with E-state index in [1.807, 2.05) is 31.2 Å². The third-order valence-corrected chi connectivity index (χ3v) is 4.25. The van der Waals surface area contributed by atoms with E-state index in [9.17, 15) is 4.79 Å². The molecule has 1 heterocycles. The van der Waals surface area contributed by atoms with E-state index in [1.165, 1.54) is 23.6 Å². The van der Waals surface area contributed by atoms with Crippen LogP contribution in [0.4, 0.5) is 5.69 Å². The summed E-state index contributed by atoms with van der Waals surface area (Å²) in [5.41, 5.74) is 2.04. The molecule has 1 amide bonds.